The molecule has 1 aliphatic heterocycles. The van der Waals surface area contributed by atoms with Gasteiger partial charge in [0.05, 0.1) is 12.6 Å². The summed E-state index contributed by atoms with van der Waals surface area (Å²) in [5.41, 5.74) is 1.93. The number of nitrogens with one attached hydrogen (secondary N) is 2. The number of likely N-dealkylation sites (tertiary alicyclic amines) is 1. The Morgan fingerprint density at radius 2 is 1.83 bits per heavy atom. The molecule has 35 heavy (non-hydrogen) atoms. The van der Waals surface area contributed by atoms with Crippen LogP contribution in [0.2, 0.25) is 0 Å². The van der Waals surface area contributed by atoms with E-state index in [1.165, 1.54) is 0 Å². The van der Waals surface area contributed by atoms with Crippen molar-refractivity contribution in [2.24, 2.45) is 0 Å². The molecule has 1 fully saturated rings. The number of hydrogen-bond donors (Lipinski definition) is 2. The third kappa shape index (κ3) is 6.96. The average Bonchev–Trinajstić information content (AvgIpc) is 2.86. The van der Waals surface area contributed by atoms with Crippen LogP contribution in [-0.4, -0.2) is 80.2 Å². The molecule has 1 aliphatic rings. The summed E-state index contributed by atoms with van der Waals surface area (Å²) in [6.45, 7) is 4.44. The maximum absolute atomic E-state index is 6.15. The molecule has 1 aromatic heterocycles. The first-order valence-electron chi connectivity index (χ1n) is 12.4. The van der Waals surface area contributed by atoms with E-state index in [9.17, 15) is 0 Å². The van der Waals surface area contributed by atoms with E-state index in [1.807, 2.05) is 30.3 Å². The molecule has 0 spiro atoms. The summed E-state index contributed by atoms with van der Waals surface area (Å²) in [5.74, 6) is 2.82. The number of piperidine rings is 1. The van der Waals surface area contributed by atoms with Crippen LogP contribution in [0.1, 0.15) is 24.8 Å². The van der Waals surface area contributed by atoms with Crippen LogP contribution in [0.4, 0.5) is 11.8 Å². The Morgan fingerprint density at radius 1 is 1.06 bits per heavy atom. The van der Waals surface area contributed by atoms with Gasteiger partial charge in [-0.2, -0.15) is 4.98 Å². The Bertz CT molecular complexity index is 1080. The summed E-state index contributed by atoms with van der Waals surface area (Å²) in [7, 11) is 8.01. The maximum atomic E-state index is 6.15. The fraction of sp³-hybridized carbons (Fsp3) is 0.481. The van der Waals surface area contributed by atoms with E-state index in [0.717, 1.165) is 67.7 Å². The number of nitrogens with zero attached hydrogens (tertiary/aromatic N) is 4. The summed E-state index contributed by atoms with van der Waals surface area (Å²) < 4.78 is 11.8. The van der Waals surface area contributed by atoms with Gasteiger partial charge in [0.15, 0.2) is 11.5 Å². The predicted molar refractivity (Wildman–Crippen MR) is 143 cm³/mol. The molecule has 2 aromatic carbocycles. The van der Waals surface area contributed by atoms with E-state index < -0.39 is 0 Å². The fourth-order valence-corrected chi connectivity index (χ4v) is 4.28. The molecule has 188 valence electrons. The fourth-order valence-electron chi connectivity index (χ4n) is 4.28. The lowest BCUT2D eigenvalue weighted by molar-refractivity contribution is 0.264. The van der Waals surface area contributed by atoms with Crippen molar-refractivity contribution in [2.45, 2.75) is 31.9 Å². The van der Waals surface area contributed by atoms with Crippen molar-refractivity contribution in [2.75, 3.05) is 65.1 Å². The quantitative estimate of drug-likeness (QED) is 0.399. The highest BCUT2D eigenvalue weighted by molar-refractivity contribution is 5.92. The summed E-state index contributed by atoms with van der Waals surface area (Å²) in [5, 5.41) is 8.05. The van der Waals surface area contributed by atoms with Crippen LogP contribution in [0.5, 0.6) is 11.5 Å². The van der Waals surface area contributed by atoms with E-state index in [4.69, 9.17) is 19.4 Å². The summed E-state index contributed by atoms with van der Waals surface area (Å²) in [4.78, 5) is 14.2. The second-order valence-electron chi connectivity index (χ2n) is 9.50. The average molecular weight is 479 g/mol. The monoisotopic (exact) mass is 478 g/mol. The van der Waals surface area contributed by atoms with Crippen molar-refractivity contribution < 1.29 is 9.47 Å². The Hall–Kier alpha value is -3.10. The SMILES string of the molecule is COc1cc2c(NC3CCN(C)CC3)nc(NCCCN(C)C)nc2cc1OCc1ccccc1. The van der Waals surface area contributed by atoms with E-state index in [1.54, 1.807) is 7.11 Å². The first-order valence-corrected chi connectivity index (χ1v) is 12.4. The molecular weight excluding hydrogens is 440 g/mol. The summed E-state index contributed by atoms with van der Waals surface area (Å²) in [6, 6.07) is 14.5. The predicted octanol–water partition coefficient (Wildman–Crippen LogP) is 4.09. The lowest BCUT2D eigenvalue weighted by atomic mass is 10.1. The van der Waals surface area contributed by atoms with Crippen molar-refractivity contribution in [1.29, 1.82) is 0 Å². The van der Waals surface area contributed by atoms with Gasteiger partial charge in [-0.15, -0.1) is 0 Å². The number of fused-ring (bicyclic) bond motifs is 1. The summed E-state index contributed by atoms with van der Waals surface area (Å²) in [6.07, 6.45) is 3.19. The van der Waals surface area contributed by atoms with Gasteiger partial charge in [0.2, 0.25) is 5.95 Å². The van der Waals surface area contributed by atoms with Crippen molar-refractivity contribution >= 4 is 22.7 Å². The lowest BCUT2D eigenvalue weighted by Gasteiger charge is -2.30. The van der Waals surface area contributed by atoms with Gasteiger partial charge >= 0.3 is 0 Å². The molecule has 1 saturated heterocycles. The van der Waals surface area contributed by atoms with Crippen LogP contribution in [0.15, 0.2) is 42.5 Å². The number of methoxy groups -OCH3 is 1. The first-order chi connectivity index (χ1) is 17.0. The molecule has 0 saturated carbocycles. The van der Waals surface area contributed by atoms with Crippen LogP contribution < -0.4 is 20.1 Å². The van der Waals surface area contributed by atoms with Crippen LogP contribution in [0.3, 0.4) is 0 Å². The maximum Gasteiger partial charge on any atom is 0.225 e. The molecule has 0 bridgehead atoms. The molecule has 0 aliphatic carbocycles. The molecule has 0 atom stereocenters. The number of rotatable bonds is 11. The number of benzene rings is 2. The Morgan fingerprint density at radius 3 is 2.54 bits per heavy atom. The topological polar surface area (TPSA) is 74.8 Å². The van der Waals surface area contributed by atoms with Crippen molar-refractivity contribution in [3.8, 4) is 11.5 Å². The molecule has 2 N–H and O–H groups in total. The highest BCUT2D eigenvalue weighted by atomic mass is 16.5. The van der Waals surface area contributed by atoms with Gasteiger partial charge in [-0.3, -0.25) is 0 Å². The zero-order chi connectivity index (χ0) is 24.6. The third-order valence-electron chi connectivity index (χ3n) is 6.34. The molecular formula is C27H38N6O2. The first kappa shape index (κ1) is 25.0. The number of aromatic nitrogens is 2. The minimum Gasteiger partial charge on any atom is -0.493 e. The van der Waals surface area contributed by atoms with Gasteiger partial charge in [-0.1, -0.05) is 30.3 Å². The van der Waals surface area contributed by atoms with E-state index in [0.29, 0.717) is 30.1 Å². The van der Waals surface area contributed by atoms with Crippen molar-refractivity contribution in [1.82, 2.24) is 19.8 Å². The van der Waals surface area contributed by atoms with Crippen LogP contribution in [0.25, 0.3) is 10.9 Å². The highest BCUT2D eigenvalue weighted by Gasteiger charge is 2.20. The lowest BCUT2D eigenvalue weighted by Crippen LogP contribution is -2.37. The van der Waals surface area contributed by atoms with E-state index in [2.05, 4.69) is 53.7 Å². The van der Waals surface area contributed by atoms with Gasteiger partial charge < -0.3 is 29.9 Å². The van der Waals surface area contributed by atoms with Gasteiger partial charge in [-0.25, -0.2) is 4.98 Å². The van der Waals surface area contributed by atoms with Crippen LogP contribution in [0, 0.1) is 0 Å². The van der Waals surface area contributed by atoms with Crippen LogP contribution in [-0.2, 0) is 6.61 Å². The molecule has 3 aromatic rings. The minimum absolute atomic E-state index is 0.380. The zero-order valence-corrected chi connectivity index (χ0v) is 21.4. The third-order valence-corrected chi connectivity index (χ3v) is 6.34. The van der Waals surface area contributed by atoms with Crippen LogP contribution >= 0.6 is 0 Å². The van der Waals surface area contributed by atoms with Gasteiger partial charge in [0.1, 0.15) is 12.4 Å². The van der Waals surface area contributed by atoms with Gasteiger partial charge in [0.25, 0.3) is 0 Å². The molecule has 0 amide bonds. The number of anilines is 2. The Balaban J connectivity index is 1.61. The van der Waals surface area contributed by atoms with E-state index >= 15 is 0 Å². The van der Waals surface area contributed by atoms with Crippen molar-refractivity contribution in [3.05, 3.63) is 48.0 Å². The second kappa shape index (κ2) is 12.0. The standard InChI is InChI=1S/C27H38N6O2/c1-32(2)14-8-13-28-27-30-23-18-25(35-19-20-9-6-5-7-10-20)24(34-4)17-22(23)26(31-27)29-21-11-15-33(3)16-12-21/h5-7,9-10,17-18,21H,8,11-16,19H2,1-4H3,(H2,28,29,30,31). The molecule has 4 rings (SSSR count). The van der Waals surface area contributed by atoms with E-state index in [-0.39, 0.29) is 0 Å². The van der Waals surface area contributed by atoms with Crippen molar-refractivity contribution in [3.63, 3.8) is 0 Å². The molecule has 0 unspecified atom stereocenters. The Labute approximate surface area is 208 Å². The second-order valence-corrected chi connectivity index (χ2v) is 9.50. The smallest absolute Gasteiger partial charge is 0.225 e. The number of hydrogen-bond acceptors (Lipinski definition) is 8. The van der Waals surface area contributed by atoms with Gasteiger partial charge in [0, 0.05) is 24.0 Å². The largest absolute Gasteiger partial charge is 0.493 e. The summed E-state index contributed by atoms with van der Waals surface area (Å²) >= 11 is 0. The molecule has 8 nitrogen and oxygen atoms in total. The molecule has 0 radical (unpaired) electrons. The van der Waals surface area contributed by atoms with Gasteiger partial charge in [-0.05, 0) is 71.7 Å². The Kier molecular flexibility index (Phi) is 8.60. The number of ether oxygens (including phenoxy) is 2. The normalized spacial score (nSPS) is 14.9. The molecule has 2 heterocycles. The zero-order valence-electron chi connectivity index (χ0n) is 21.4. The highest BCUT2D eigenvalue weighted by Crippen LogP contribution is 2.36. The minimum atomic E-state index is 0.380. The molecule has 8 heteroatoms.